The molecule has 0 unspecified atom stereocenters. The third-order valence-electron chi connectivity index (χ3n) is 5.23. The Morgan fingerprint density at radius 3 is 2.54 bits per heavy atom. The largest absolute Gasteiger partial charge is 0.343 e. The average molecular weight is 417 g/mol. The molecule has 28 heavy (non-hydrogen) atoms. The Kier molecular flexibility index (Phi) is 7.68. The van der Waals surface area contributed by atoms with E-state index in [9.17, 15) is 9.59 Å². The van der Waals surface area contributed by atoms with E-state index in [2.05, 4.69) is 0 Å². The molecule has 4 nitrogen and oxygen atoms in total. The number of hydrogen-bond donors (Lipinski definition) is 0. The summed E-state index contributed by atoms with van der Waals surface area (Å²) < 4.78 is 0.632. The first-order chi connectivity index (χ1) is 13.5. The molecule has 0 spiro atoms. The molecule has 1 aromatic rings. The molecule has 0 N–H and O–H groups in total. The summed E-state index contributed by atoms with van der Waals surface area (Å²) in [6.07, 6.45) is 8.73. The van der Waals surface area contributed by atoms with Crippen LogP contribution in [0.15, 0.2) is 29.2 Å². The van der Waals surface area contributed by atoms with Crippen LogP contribution in [-0.2, 0) is 9.59 Å². The number of piperidine rings is 1. The predicted molar refractivity (Wildman–Crippen MR) is 120 cm³/mol. The number of amides is 2. The lowest BCUT2D eigenvalue weighted by Crippen LogP contribution is -2.35. The zero-order chi connectivity index (χ0) is 19.9. The van der Waals surface area contributed by atoms with Crippen LogP contribution in [0.25, 0.3) is 6.08 Å². The van der Waals surface area contributed by atoms with Gasteiger partial charge in [-0.3, -0.25) is 14.5 Å². The van der Waals surface area contributed by atoms with E-state index < -0.39 is 0 Å². The van der Waals surface area contributed by atoms with Gasteiger partial charge in [-0.1, -0.05) is 60.2 Å². The molecule has 2 aliphatic rings. The van der Waals surface area contributed by atoms with Gasteiger partial charge in [-0.2, -0.15) is 0 Å². The van der Waals surface area contributed by atoms with Crippen molar-refractivity contribution in [2.45, 2.75) is 51.9 Å². The molecule has 2 fully saturated rings. The van der Waals surface area contributed by atoms with Crippen LogP contribution >= 0.6 is 24.0 Å². The SMILES string of the molecule is Cc1ccc(/C=C2\SC(=S)N(CCCCCC(=O)N3CCCCC3)C2=O)cc1. The lowest BCUT2D eigenvalue weighted by Gasteiger charge is -2.26. The van der Waals surface area contributed by atoms with Crippen LogP contribution in [0.2, 0.25) is 0 Å². The Hall–Kier alpha value is -1.66. The summed E-state index contributed by atoms with van der Waals surface area (Å²) in [6.45, 7) is 4.52. The van der Waals surface area contributed by atoms with Crippen LogP contribution in [0.5, 0.6) is 0 Å². The summed E-state index contributed by atoms with van der Waals surface area (Å²) in [5.74, 6) is 0.284. The molecular formula is C22H28N2O2S2. The average Bonchev–Trinajstić information content (AvgIpc) is 2.97. The maximum atomic E-state index is 12.7. The van der Waals surface area contributed by atoms with Crippen LogP contribution in [0.1, 0.15) is 56.1 Å². The lowest BCUT2D eigenvalue weighted by molar-refractivity contribution is -0.132. The van der Waals surface area contributed by atoms with Gasteiger partial charge in [0, 0.05) is 26.1 Å². The highest BCUT2D eigenvalue weighted by Crippen LogP contribution is 2.32. The maximum absolute atomic E-state index is 12.7. The van der Waals surface area contributed by atoms with E-state index in [1.165, 1.54) is 23.7 Å². The van der Waals surface area contributed by atoms with Crippen LogP contribution in [0.3, 0.4) is 0 Å². The van der Waals surface area contributed by atoms with Crippen molar-refractivity contribution in [2.24, 2.45) is 0 Å². The van der Waals surface area contributed by atoms with E-state index in [0.717, 1.165) is 50.8 Å². The van der Waals surface area contributed by atoms with E-state index in [-0.39, 0.29) is 11.8 Å². The number of thiocarbonyl (C=S) groups is 1. The molecule has 2 aliphatic heterocycles. The first-order valence-corrected chi connectivity index (χ1v) is 11.4. The van der Waals surface area contributed by atoms with E-state index >= 15 is 0 Å². The highest BCUT2D eigenvalue weighted by Gasteiger charge is 2.31. The molecule has 0 aliphatic carbocycles. The topological polar surface area (TPSA) is 40.6 Å². The number of carbonyl (C=O) groups is 2. The van der Waals surface area contributed by atoms with Crippen molar-refractivity contribution >= 4 is 46.2 Å². The standard InChI is InChI=1S/C22H28N2O2S2/c1-17-9-11-18(12-10-17)16-19-21(26)24(22(27)28-19)15-7-2-4-8-20(25)23-13-5-3-6-14-23/h9-12,16H,2-8,13-15H2,1H3/b19-16-. The molecule has 2 saturated heterocycles. The molecule has 0 saturated carbocycles. The van der Waals surface area contributed by atoms with Crippen molar-refractivity contribution < 1.29 is 9.59 Å². The van der Waals surface area contributed by atoms with Gasteiger partial charge in [-0.25, -0.2) is 0 Å². The van der Waals surface area contributed by atoms with Crippen molar-refractivity contribution in [3.05, 3.63) is 40.3 Å². The molecular weight excluding hydrogens is 388 g/mol. The Bertz CT molecular complexity index is 752. The normalized spacial score (nSPS) is 19.0. The van der Waals surface area contributed by atoms with Crippen molar-refractivity contribution in [1.82, 2.24) is 9.80 Å². The number of unbranched alkanes of at least 4 members (excludes halogenated alkanes) is 2. The number of aryl methyl sites for hydroxylation is 1. The summed E-state index contributed by atoms with van der Waals surface area (Å²) in [5.41, 5.74) is 2.21. The summed E-state index contributed by atoms with van der Waals surface area (Å²) in [4.78, 5) is 29.2. The minimum absolute atomic E-state index is 0.0000295. The fourth-order valence-corrected chi connectivity index (χ4v) is 4.84. The first-order valence-electron chi connectivity index (χ1n) is 10.1. The second kappa shape index (κ2) is 10.2. The van der Waals surface area contributed by atoms with Gasteiger partial charge in [0.05, 0.1) is 4.91 Å². The maximum Gasteiger partial charge on any atom is 0.266 e. The van der Waals surface area contributed by atoms with Crippen molar-refractivity contribution in [3.8, 4) is 0 Å². The van der Waals surface area contributed by atoms with Gasteiger partial charge in [0.2, 0.25) is 5.91 Å². The number of benzene rings is 1. The smallest absolute Gasteiger partial charge is 0.266 e. The number of rotatable bonds is 7. The highest BCUT2D eigenvalue weighted by molar-refractivity contribution is 8.26. The van der Waals surface area contributed by atoms with Crippen LogP contribution < -0.4 is 0 Å². The molecule has 2 amide bonds. The molecule has 0 aromatic heterocycles. The van der Waals surface area contributed by atoms with Crippen molar-refractivity contribution in [3.63, 3.8) is 0 Å². The third-order valence-corrected chi connectivity index (χ3v) is 6.61. The Morgan fingerprint density at radius 2 is 1.82 bits per heavy atom. The van der Waals surface area contributed by atoms with Crippen LogP contribution in [-0.4, -0.2) is 45.6 Å². The molecule has 0 bridgehead atoms. The van der Waals surface area contributed by atoms with Gasteiger partial charge in [0.15, 0.2) is 0 Å². The molecule has 2 heterocycles. The Balaban J connectivity index is 1.42. The van der Waals surface area contributed by atoms with Gasteiger partial charge < -0.3 is 4.90 Å². The molecule has 150 valence electrons. The Labute approximate surface area is 177 Å². The second-order valence-corrected chi connectivity index (χ2v) is 9.17. The van der Waals surface area contributed by atoms with Crippen molar-refractivity contribution in [1.29, 1.82) is 0 Å². The summed E-state index contributed by atoms with van der Waals surface area (Å²) in [5, 5.41) is 0. The molecule has 1 aromatic carbocycles. The van der Waals surface area contributed by atoms with E-state index in [4.69, 9.17) is 12.2 Å². The van der Waals surface area contributed by atoms with Gasteiger partial charge in [0.1, 0.15) is 4.32 Å². The van der Waals surface area contributed by atoms with E-state index in [0.29, 0.717) is 22.2 Å². The van der Waals surface area contributed by atoms with E-state index in [1.807, 2.05) is 42.2 Å². The summed E-state index contributed by atoms with van der Waals surface area (Å²) in [7, 11) is 0. The quantitative estimate of drug-likeness (QED) is 0.365. The number of carbonyl (C=O) groups excluding carboxylic acids is 2. The van der Waals surface area contributed by atoms with Crippen molar-refractivity contribution in [2.75, 3.05) is 19.6 Å². The number of nitrogens with zero attached hydrogens (tertiary/aromatic N) is 2. The van der Waals surface area contributed by atoms with Crippen LogP contribution in [0, 0.1) is 6.92 Å². The minimum Gasteiger partial charge on any atom is -0.343 e. The number of hydrogen-bond acceptors (Lipinski definition) is 4. The lowest BCUT2D eigenvalue weighted by atomic mass is 10.1. The Morgan fingerprint density at radius 1 is 1.11 bits per heavy atom. The zero-order valence-electron chi connectivity index (χ0n) is 16.5. The molecule has 0 radical (unpaired) electrons. The third kappa shape index (κ3) is 5.67. The van der Waals surface area contributed by atoms with Gasteiger partial charge >= 0.3 is 0 Å². The zero-order valence-corrected chi connectivity index (χ0v) is 18.1. The molecule has 3 rings (SSSR count). The fourth-order valence-electron chi connectivity index (χ4n) is 3.53. The number of thioether (sulfide) groups is 1. The second-order valence-electron chi connectivity index (χ2n) is 7.50. The van der Waals surface area contributed by atoms with E-state index in [1.54, 1.807) is 4.90 Å². The van der Waals surface area contributed by atoms with Crippen LogP contribution in [0.4, 0.5) is 0 Å². The molecule has 0 atom stereocenters. The summed E-state index contributed by atoms with van der Waals surface area (Å²) >= 11 is 6.78. The predicted octanol–water partition coefficient (Wildman–Crippen LogP) is 4.77. The number of likely N-dealkylation sites (tertiary alicyclic amines) is 1. The molecule has 6 heteroatoms. The monoisotopic (exact) mass is 416 g/mol. The van der Waals surface area contributed by atoms with Gasteiger partial charge in [-0.15, -0.1) is 0 Å². The first kappa shape index (κ1) is 21.1. The minimum atomic E-state index is -0.0000295. The summed E-state index contributed by atoms with van der Waals surface area (Å²) in [6, 6.07) is 8.11. The highest BCUT2D eigenvalue weighted by atomic mass is 32.2. The fraction of sp³-hybridized carbons (Fsp3) is 0.500. The van der Waals surface area contributed by atoms with Gasteiger partial charge in [0.25, 0.3) is 5.91 Å². The van der Waals surface area contributed by atoms with Gasteiger partial charge in [-0.05, 0) is 50.7 Å².